The molecule has 1 saturated heterocycles. The molecule has 0 radical (unpaired) electrons. The third-order valence-electron chi connectivity index (χ3n) is 7.05. The van der Waals surface area contributed by atoms with Gasteiger partial charge in [-0.2, -0.15) is 5.10 Å². The van der Waals surface area contributed by atoms with Crippen LogP contribution in [-0.2, 0) is 4.79 Å². The van der Waals surface area contributed by atoms with Crippen LogP contribution >= 0.6 is 11.8 Å². The molecule has 2 aliphatic carbocycles. The van der Waals surface area contributed by atoms with Crippen LogP contribution in [0.15, 0.2) is 17.4 Å². The Morgan fingerprint density at radius 2 is 2.27 bits per heavy atom. The van der Waals surface area contributed by atoms with Crippen LogP contribution in [0.25, 0.3) is 0 Å². The van der Waals surface area contributed by atoms with Crippen molar-refractivity contribution in [3.8, 4) is 0 Å². The van der Waals surface area contributed by atoms with E-state index in [2.05, 4.69) is 22.4 Å². The van der Waals surface area contributed by atoms with Gasteiger partial charge in [0.25, 0.3) is 5.91 Å². The van der Waals surface area contributed by atoms with E-state index >= 15 is 0 Å². The van der Waals surface area contributed by atoms with E-state index in [1.54, 1.807) is 24.2 Å². The zero-order valence-electron chi connectivity index (χ0n) is 18.2. The van der Waals surface area contributed by atoms with E-state index in [0.29, 0.717) is 30.6 Å². The first-order chi connectivity index (χ1) is 14.4. The lowest BCUT2D eigenvalue weighted by Gasteiger charge is -2.26. The second kappa shape index (κ2) is 8.73. The molecule has 8 heteroatoms. The number of hydrogen-bond donors (Lipinski definition) is 2. The van der Waals surface area contributed by atoms with Crippen molar-refractivity contribution in [1.29, 1.82) is 0 Å². The number of carbonyl (C=O) groups is 2. The number of H-pyrrole nitrogens is 1. The van der Waals surface area contributed by atoms with E-state index in [1.807, 2.05) is 18.7 Å². The third-order valence-corrected chi connectivity index (χ3v) is 8.25. The van der Waals surface area contributed by atoms with Crippen LogP contribution in [-0.4, -0.2) is 56.0 Å². The van der Waals surface area contributed by atoms with Crippen LogP contribution in [0.5, 0.6) is 0 Å². The molecule has 2 amide bonds. The zero-order valence-corrected chi connectivity index (χ0v) is 19.0. The van der Waals surface area contributed by atoms with E-state index in [4.69, 9.17) is 4.99 Å². The number of amides is 2. The van der Waals surface area contributed by atoms with Crippen molar-refractivity contribution in [2.24, 2.45) is 22.7 Å². The summed E-state index contributed by atoms with van der Waals surface area (Å²) in [6.07, 6.45) is 9.99. The molecule has 7 nitrogen and oxygen atoms in total. The largest absolute Gasteiger partial charge is 0.339 e. The number of aliphatic imine (C=N–C) groups is 1. The minimum atomic E-state index is -0.485. The molecule has 5 atom stereocenters. The fourth-order valence-corrected chi connectivity index (χ4v) is 6.59. The Kier molecular flexibility index (Phi) is 6.23. The number of thioether (sulfide) groups is 1. The molecule has 2 saturated carbocycles. The van der Waals surface area contributed by atoms with Gasteiger partial charge in [-0.05, 0) is 63.7 Å². The van der Waals surface area contributed by atoms with Gasteiger partial charge in [0.1, 0.15) is 0 Å². The first-order valence-electron chi connectivity index (χ1n) is 11.2. The Bertz CT molecular complexity index is 810. The Labute approximate surface area is 182 Å². The summed E-state index contributed by atoms with van der Waals surface area (Å²) in [6, 6.07) is 0.401. The lowest BCUT2D eigenvalue weighted by Crippen LogP contribution is -2.37. The lowest BCUT2D eigenvalue weighted by atomic mass is 9.93. The van der Waals surface area contributed by atoms with Crippen molar-refractivity contribution in [2.75, 3.05) is 13.1 Å². The van der Waals surface area contributed by atoms with Crippen molar-refractivity contribution in [2.45, 2.75) is 70.1 Å². The molecule has 3 unspecified atom stereocenters. The highest BCUT2D eigenvalue weighted by atomic mass is 32.2. The first kappa shape index (κ1) is 21.4. The standard InChI is InChI=1S/C22H33N5O2S/c1-4-27(19(28)17-12-23-24-13-17)8-7-14(2)11-22(3)20(29)26-21(30-22)25-18-10-15-5-6-16(18)9-15/h12-16,18H,4-11H2,1-3H3,(H,23,24)(H,25,26,29)/t14?,15-,16?,18+,22?/m1/s1. The molecule has 0 aromatic carbocycles. The Morgan fingerprint density at radius 3 is 2.90 bits per heavy atom. The Hall–Kier alpha value is -1.83. The molecular weight excluding hydrogens is 398 g/mol. The predicted octanol–water partition coefficient (Wildman–Crippen LogP) is 3.45. The Morgan fingerprint density at radius 1 is 1.43 bits per heavy atom. The number of aromatic nitrogens is 2. The number of nitrogens with zero attached hydrogens (tertiary/aromatic N) is 3. The van der Waals surface area contributed by atoms with Gasteiger partial charge in [0.05, 0.1) is 22.5 Å². The molecule has 1 aromatic rings. The van der Waals surface area contributed by atoms with Gasteiger partial charge in [0.2, 0.25) is 5.91 Å². The van der Waals surface area contributed by atoms with Gasteiger partial charge in [-0.3, -0.25) is 19.7 Å². The second-order valence-corrected chi connectivity index (χ2v) is 10.9. The summed E-state index contributed by atoms with van der Waals surface area (Å²) in [4.78, 5) is 32.1. The van der Waals surface area contributed by atoms with E-state index in [0.717, 1.165) is 29.8 Å². The van der Waals surface area contributed by atoms with Crippen LogP contribution in [0.2, 0.25) is 0 Å². The maximum atomic E-state index is 12.7. The number of aromatic amines is 1. The smallest absolute Gasteiger partial charge is 0.257 e. The maximum Gasteiger partial charge on any atom is 0.257 e. The van der Waals surface area contributed by atoms with Gasteiger partial charge < -0.3 is 10.2 Å². The van der Waals surface area contributed by atoms with E-state index in [9.17, 15) is 9.59 Å². The average molecular weight is 432 g/mol. The van der Waals surface area contributed by atoms with Gasteiger partial charge in [0, 0.05) is 19.3 Å². The van der Waals surface area contributed by atoms with Crippen LogP contribution < -0.4 is 5.32 Å². The summed E-state index contributed by atoms with van der Waals surface area (Å²) in [5.41, 5.74) is 0.587. The number of carbonyl (C=O) groups excluding carboxylic acids is 2. The minimum absolute atomic E-state index is 0.00192. The summed E-state index contributed by atoms with van der Waals surface area (Å²) in [6.45, 7) is 7.52. The fraction of sp³-hybridized carbons (Fsp3) is 0.727. The fourth-order valence-electron chi connectivity index (χ4n) is 5.32. The molecule has 164 valence electrons. The van der Waals surface area contributed by atoms with E-state index in [-0.39, 0.29) is 11.8 Å². The monoisotopic (exact) mass is 431 g/mol. The number of rotatable bonds is 8. The SMILES string of the molecule is CCN(CCC(C)CC1(C)SC(=N[C@H]2C[C@@H]3CCC2C3)NC1=O)C(=O)c1cn[nH]c1. The number of hydrogen-bond acceptors (Lipinski definition) is 5. The number of amidine groups is 1. The van der Waals surface area contributed by atoms with Crippen molar-refractivity contribution in [3.05, 3.63) is 18.0 Å². The highest BCUT2D eigenvalue weighted by Crippen LogP contribution is 2.47. The first-order valence-corrected chi connectivity index (χ1v) is 12.1. The summed E-state index contributed by atoms with van der Waals surface area (Å²) in [7, 11) is 0. The molecule has 3 aliphatic rings. The van der Waals surface area contributed by atoms with Gasteiger partial charge in [-0.15, -0.1) is 0 Å². The predicted molar refractivity (Wildman–Crippen MR) is 119 cm³/mol. The van der Waals surface area contributed by atoms with Crippen molar-refractivity contribution >= 4 is 28.7 Å². The third kappa shape index (κ3) is 4.43. The molecule has 3 fully saturated rings. The lowest BCUT2D eigenvalue weighted by molar-refractivity contribution is -0.121. The molecule has 1 aliphatic heterocycles. The van der Waals surface area contributed by atoms with Crippen LogP contribution in [0, 0.1) is 17.8 Å². The average Bonchev–Trinajstić information content (AvgIpc) is 3.48. The van der Waals surface area contributed by atoms with Crippen molar-refractivity contribution in [1.82, 2.24) is 20.4 Å². The highest BCUT2D eigenvalue weighted by Gasteiger charge is 2.45. The van der Waals surface area contributed by atoms with Crippen LogP contribution in [0.3, 0.4) is 0 Å². The van der Waals surface area contributed by atoms with Crippen molar-refractivity contribution in [3.63, 3.8) is 0 Å². The summed E-state index contributed by atoms with van der Waals surface area (Å²) in [5, 5.41) is 10.4. The van der Waals surface area contributed by atoms with Gasteiger partial charge in [0.15, 0.2) is 5.17 Å². The van der Waals surface area contributed by atoms with Gasteiger partial charge >= 0.3 is 0 Å². The van der Waals surface area contributed by atoms with E-state index < -0.39 is 4.75 Å². The van der Waals surface area contributed by atoms with Gasteiger partial charge in [-0.1, -0.05) is 25.1 Å². The molecular formula is C22H33N5O2S. The molecule has 0 spiro atoms. The Balaban J connectivity index is 1.30. The molecule has 1 aromatic heterocycles. The molecule has 2 N–H and O–H groups in total. The summed E-state index contributed by atoms with van der Waals surface area (Å²) < 4.78 is -0.485. The quantitative estimate of drug-likeness (QED) is 0.660. The zero-order chi connectivity index (χ0) is 21.3. The molecule has 30 heavy (non-hydrogen) atoms. The number of fused-ring (bicyclic) bond motifs is 2. The molecule has 2 heterocycles. The van der Waals surface area contributed by atoms with Crippen LogP contribution in [0.4, 0.5) is 0 Å². The summed E-state index contributed by atoms with van der Waals surface area (Å²) >= 11 is 1.60. The molecule has 2 bridgehead atoms. The molecule has 4 rings (SSSR count). The minimum Gasteiger partial charge on any atom is -0.339 e. The second-order valence-electron chi connectivity index (χ2n) is 9.43. The maximum absolute atomic E-state index is 12.7. The summed E-state index contributed by atoms with van der Waals surface area (Å²) in [5.74, 6) is 1.96. The normalized spacial score (nSPS) is 32.6. The van der Waals surface area contributed by atoms with Crippen LogP contribution in [0.1, 0.15) is 69.7 Å². The van der Waals surface area contributed by atoms with E-state index in [1.165, 1.54) is 25.7 Å². The van der Waals surface area contributed by atoms with Gasteiger partial charge in [-0.25, -0.2) is 0 Å². The number of nitrogens with one attached hydrogen (secondary N) is 2. The van der Waals surface area contributed by atoms with Crippen molar-refractivity contribution < 1.29 is 9.59 Å². The highest BCUT2D eigenvalue weighted by molar-refractivity contribution is 8.16. The topological polar surface area (TPSA) is 90.4 Å².